The Labute approximate surface area is 113 Å². The van der Waals surface area contributed by atoms with Crippen molar-refractivity contribution in [3.63, 3.8) is 0 Å². The molecular formula is C15H32N2O. The van der Waals surface area contributed by atoms with Gasteiger partial charge in [0.2, 0.25) is 0 Å². The van der Waals surface area contributed by atoms with Crippen molar-refractivity contribution in [2.75, 3.05) is 39.9 Å². The van der Waals surface area contributed by atoms with Crippen molar-refractivity contribution >= 4 is 0 Å². The molecule has 1 aliphatic carbocycles. The van der Waals surface area contributed by atoms with Gasteiger partial charge in [0.05, 0.1) is 0 Å². The standard InChI is InChI=1S/C15H32N2O/c1-4-18-13-5-10-16-11-12-17(3)15-8-6-14(2)7-9-15/h14-16H,4-13H2,1-3H3. The minimum absolute atomic E-state index is 0.825. The Morgan fingerprint density at radius 1 is 1.17 bits per heavy atom. The molecule has 0 saturated heterocycles. The summed E-state index contributed by atoms with van der Waals surface area (Å²) in [7, 11) is 2.28. The molecule has 0 aliphatic heterocycles. The smallest absolute Gasteiger partial charge is 0.0477 e. The van der Waals surface area contributed by atoms with Gasteiger partial charge in [-0.3, -0.25) is 0 Å². The van der Waals surface area contributed by atoms with E-state index in [9.17, 15) is 0 Å². The Balaban J connectivity index is 1.95. The summed E-state index contributed by atoms with van der Waals surface area (Å²) in [6, 6.07) is 0.825. The summed E-state index contributed by atoms with van der Waals surface area (Å²) in [6.07, 6.45) is 6.73. The fraction of sp³-hybridized carbons (Fsp3) is 1.00. The molecule has 1 rings (SSSR count). The molecular weight excluding hydrogens is 224 g/mol. The average Bonchev–Trinajstić information content (AvgIpc) is 2.38. The van der Waals surface area contributed by atoms with Gasteiger partial charge in [-0.05, 0) is 58.5 Å². The van der Waals surface area contributed by atoms with Crippen LogP contribution < -0.4 is 5.32 Å². The van der Waals surface area contributed by atoms with Gasteiger partial charge in [-0.15, -0.1) is 0 Å². The monoisotopic (exact) mass is 256 g/mol. The molecule has 3 heteroatoms. The van der Waals surface area contributed by atoms with Crippen LogP contribution in [-0.2, 0) is 4.74 Å². The predicted molar refractivity (Wildman–Crippen MR) is 78.0 cm³/mol. The van der Waals surface area contributed by atoms with Gasteiger partial charge < -0.3 is 15.0 Å². The van der Waals surface area contributed by atoms with E-state index in [2.05, 4.69) is 24.2 Å². The van der Waals surface area contributed by atoms with Crippen molar-refractivity contribution in [3.8, 4) is 0 Å². The maximum atomic E-state index is 5.32. The maximum absolute atomic E-state index is 5.32. The average molecular weight is 256 g/mol. The van der Waals surface area contributed by atoms with Crippen molar-refractivity contribution in [2.24, 2.45) is 5.92 Å². The third kappa shape index (κ3) is 6.72. The highest BCUT2D eigenvalue weighted by molar-refractivity contribution is 4.76. The summed E-state index contributed by atoms with van der Waals surface area (Å²) < 4.78 is 5.32. The second-order valence-corrected chi connectivity index (χ2v) is 5.69. The molecule has 0 radical (unpaired) electrons. The first-order valence-electron chi connectivity index (χ1n) is 7.72. The highest BCUT2D eigenvalue weighted by Crippen LogP contribution is 2.26. The molecule has 1 fully saturated rings. The molecule has 0 unspecified atom stereocenters. The summed E-state index contributed by atoms with van der Waals surface area (Å²) in [5.74, 6) is 0.950. The zero-order valence-corrected chi connectivity index (χ0v) is 12.6. The fourth-order valence-corrected chi connectivity index (χ4v) is 2.69. The summed E-state index contributed by atoms with van der Waals surface area (Å²) in [5.41, 5.74) is 0. The quantitative estimate of drug-likeness (QED) is 0.642. The number of nitrogens with zero attached hydrogens (tertiary/aromatic N) is 1. The van der Waals surface area contributed by atoms with Crippen LogP contribution in [0, 0.1) is 5.92 Å². The van der Waals surface area contributed by atoms with Crippen LogP contribution in [0.5, 0.6) is 0 Å². The van der Waals surface area contributed by atoms with Crippen LogP contribution in [0.15, 0.2) is 0 Å². The second-order valence-electron chi connectivity index (χ2n) is 5.69. The lowest BCUT2D eigenvalue weighted by Gasteiger charge is -2.33. The summed E-state index contributed by atoms with van der Waals surface area (Å²) >= 11 is 0. The molecule has 0 aromatic rings. The van der Waals surface area contributed by atoms with E-state index in [0.717, 1.165) is 44.7 Å². The van der Waals surface area contributed by atoms with Crippen molar-refractivity contribution in [2.45, 2.75) is 52.0 Å². The zero-order chi connectivity index (χ0) is 13.2. The van der Waals surface area contributed by atoms with Crippen LogP contribution >= 0.6 is 0 Å². The lowest BCUT2D eigenvalue weighted by atomic mass is 9.87. The van der Waals surface area contributed by atoms with Crippen LogP contribution in [0.25, 0.3) is 0 Å². The van der Waals surface area contributed by atoms with E-state index in [0.29, 0.717) is 0 Å². The Morgan fingerprint density at radius 3 is 2.56 bits per heavy atom. The zero-order valence-electron chi connectivity index (χ0n) is 12.6. The highest BCUT2D eigenvalue weighted by atomic mass is 16.5. The van der Waals surface area contributed by atoms with Crippen molar-refractivity contribution in [3.05, 3.63) is 0 Å². The number of hydrogen-bond donors (Lipinski definition) is 1. The van der Waals surface area contributed by atoms with Gasteiger partial charge in [-0.2, -0.15) is 0 Å². The van der Waals surface area contributed by atoms with Crippen LogP contribution in [0.3, 0.4) is 0 Å². The van der Waals surface area contributed by atoms with Gasteiger partial charge in [0, 0.05) is 32.3 Å². The molecule has 108 valence electrons. The van der Waals surface area contributed by atoms with Gasteiger partial charge in [0.15, 0.2) is 0 Å². The molecule has 18 heavy (non-hydrogen) atoms. The number of rotatable bonds is 9. The summed E-state index contributed by atoms with van der Waals surface area (Å²) in [5, 5.41) is 3.50. The minimum Gasteiger partial charge on any atom is -0.382 e. The molecule has 0 amide bonds. The number of likely N-dealkylation sites (N-methyl/N-ethyl adjacent to an activating group) is 1. The van der Waals surface area contributed by atoms with E-state index in [1.165, 1.54) is 32.2 Å². The number of hydrogen-bond acceptors (Lipinski definition) is 3. The largest absolute Gasteiger partial charge is 0.382 e. The maximum Gasteiger partial charge on any atom is 0.0477 e. The first-order chi connectivity index (χ1) is 8.74. The Hall–Kier alpha value is -0.120. The third-order valence-electron chi connectivity index (χ3n) is 4.10. The lowest BCUT2D eigenvalue weighted by Crippen LogP contribution is -2.39. The van der Waals surface area contributed by atoms with Crippen LogP contribution in [-0.4, -0.2) is 50.8 Å². The van der Waals surface area contributed by atoms with Crippen LogP contribution in [0.1, 0.15) is 46.0 Å². The van der Waals surface area contributed by atoms with E-state index in [1.54, 1.807) is 0 Å². The molecule has 1 aliphatic rings. The SMILES string of the molecule is CCOCCCNCCN(C)C1CCC(C)CC1. The van der Waals surface area contributed by atoms with Gasteiger partial charge in [-0.25, -0.2) is 0 Å². The first-order valence-corrected chi connectivity index (χ1v) is 7.72. The number of nitrogens with one attached hydrogen (secondary N) is 1. The Morgan fingerprint density at radius 2 is 1.89 bits per heavy atom. The van der Waals surface area contributed by atoms with E-state index >= 15 is 0 Å². The first kappa shape index (κ1) is 15.9. The normalized spacial score (nSPS) is 24.7. The van der Waals surface area contributed by atoms with Crippen molar-refractivity contribution in [1.29, 1.82) is 0 Å². The highest BCUT2D eigenvalue weighted by Gasteiger charge is 2.20. The van der Waals surface area contributed by atoms with Crippen molar-refractivity contribution in [1.82, 2.24) is 10.2 Å². The molecule has 1 saturated carbocycles. The molecule has 0 atom stereocenters. The topological polar surface area (TPSA) is 24.5 Å². The molecule has 3 nitrogen and oxygen atoms in total. The van der Waals surface area contributed by atoms with E-state index in [4.69, 9.17) is 4.74 Å². The van der Waals surface area contributed by atoms with Crippen LogP contribution in [0.2, 0.25) is 0 Å². The van der Waals surface area contributed by atoms with E-state index < -0.39 is 0 Å². The molecule has 0 heterocycles. The molecule has 0 aromatic carbocycles. The predicted octanol–water partition coefficient (Wildman–Crippen LogP) is 2.51. The third-order valence-corrected chi connectivity index (χ3v) is 4.10. The molecule has 0 bridgehead atoms. The number of ether oxygens (including phenoxy) is 1. The summed E-state index contributed by atoms with van der Waals surface area (Å²) in [4.78, 5) is 2.54. The van der Waals surface area contributed by atoms with Gasteiger partial charge >= 0.3 is 0 Å². The Bertz CT molecular complexity index is 191. The van der Waals surface area contributed by atoms with E-state index in [-0.39, 0.29) is 0 Å². The molecule has 1 N–H and O–H groups in total. The molecule has 0 aromatic heterocycles. The Kier molecular flexibility index (Phi) is 8.64. The van der Waals surface area contributed by atoms with Crippen molar-refractivity contribution < 1.29 is 4.74 Å². The van der Waals surface area contributed by atoms with Crippen LogP contribution in [0.4, 0.5) is 0 Å². The van der Waals surface area contributed by atoms with Gasteiger partial charge in [0.25, 0.3) is 0 Å². The minimum atomic E-state index is 0.825. The molecule has 0 spiro atoms. The summed E-state index contributed by atoms with van der Waals surface area (Å²) in [6.45, 7) is 9.52. The second kappa shape index (κ2) is 9.76. The van der Waals surface area contributed by atoms with Gasteiger partial charge in [0.1, 0.15) is 0 Å². The fourth-order valence-electron chi connectivity index (χ4n) is 2.69. The van der Waals surface area contributed by atoms with E-state index in [1.807, 2.05) is 6.92 Å². The lowest BCUT2D eigenvalue weighted by molar-refractivity contribution is 0.143. The van der Waals surface area contributed by atoms with Gasteiger partial charge in [-0.1, -0.05) is 6.92 Å².